The molecular weight excluding hydrogens is 319 g/mol. The molecule has 0 radical (unpaired) electrons. The van der Waals surface area contributed by atoms with Crippen LogP contribution in [0.3, 0.4) is 0 Å². The van der Waals surface area contributed by atoms with Gasteiger partial charge >= 0.3 is 6.18 Å². The quantitative estimate of drug-likeness (QED) is 0.538. The van der Waals surface area contributed by atoms with Gasteiger partial charge in [-0.1, -0.05) is 18.2 Å². The highest BCUT2D eigenvalue weighted by Gasteiger charge is 2.30. The molecule has 7 heteroatoms. The fourth-order valence-corrected chi connectivity index (χ4v) is 2.75. The molecule has 4 rings (SSSR count). The lowest BCUT2D eigenvalue weighted by Gasteiger charge is -2.07. The number of rotatable bonds is 1. The maximum absolute atomic E-state index is 12.7. The van der Waals surface area contributed by atoms with E-state index in [2.05, 4.69) is 15.2 Å². The van der Waals surface area contributed by atoms with Crippen molar-refractivity contribution in [2.75, 3.05) is 0 Å². The predicted octanol–water partition coefficient (Wildman–Crippen LogP) is 3.49. The molecule has 2 heterocycles. The number of aromatic nitrogens is 2. The van der Waals surface area contributed by atoms with Crippen LogP contribution < -0.4 is 5.56 Å². The first-order valence-corrected chi connectivity index (χ1v) is 7.00. The molecule has 3 aromatic rings. The van der Waals surface area contributed by atoms with Crippen LogP contribution in [-0.4, -0.2) is 15.9 Å². The van der Waals surface area contributed by atoms with E-state index in [4.69, 9.17) is 0 Å². The molecular formula is C17H8F3N3O. The Balaban J connectivity index is 1.91. The zero-order valence-electron chi connectivity index (χ0n) is 12.0. The second kappa shape index (κ2) is 4.95. The van der Waals surface area contributed by atoms with Crippen LogP contribution in [0.2, 0.25) is 0 Å². The molecule has 0 fully saturated rings. The minimum Gasteiger partial charge on any atom is -0.265 e. The summed E-state index contributed by atoms with van der Waals surface area (Å²) < 4.78 is 38.1. The van der Waals surface area contributed by atoms with Crippen LogP contribution in [0, 0.1) is 0 Å². The van der Waals surface area contributed by atoms with Crippen LogP contribution in [0.25, 0.3) is 10.8 Å². The van der Waals surface area contributed by atoms with Crippen molar-refractivity contribution in [3.8, 4) is 0 Å². The average Bonchev–Trinajstić information content (AvgIpc) is 2.83. The van der Waals surface area contributed by atoms with Gasteiger partial charge in [-0.15, -0.1) is 5.10 Å². The number of nitrogens with zero attached hydrogens (tertiary/aromatic N) is 3. The largest absolute Gasteiger partial charge is 0.416 e. The molecule has 1 aromatic heterocycles. The monoisotopic (exact) mass is 327 g/mol. The van der Waals surface area contributed by atoms with Gasteiger partial charge in [0.25, 0.3) is 5.56 Å². The zero-order chi connectivity index (χ0) is 16.9. The van der Waals surface area contributed by atoms with Gasteiger partial charge in [0.2, 0.25) is 0 Å². The highest BCUT2D eigenvalue weighted by Crippen LogP contribution is 2.35. The second-order valence-corrected chi connectivity index (χ2v) is 5.30. The third-order valence-electron chi connectivity index (χ3n) is 3.85. The van der Waals surface area contributed by atoms with Crippen molar-refractivity contribution < 1.29 is 13.2 Å². The molecule has 0 amide bonds. The molecule has 0 spiro atoms. The van der Waals surface area contributed by atoms with E-state index in [0.29, 0.717) is 33.3 Å². The standard InChI is InChI=1S/C17H8F3N3O/c18-17(19,20)10-6-4-9(5-7-10)15-12-8-21-23-16(24)11-2-1-3-13(22-15)14(11)12/h1-8H. The topological polar surface area (TPSA) is 55.2 Å². The lowest BCUT2D eigenvalue weighted by Crippen LogP contribution is -2.06. The molecule has 118 valence electrons. The fraction of sp³-hybridized carbons (Fsp3) is 0.0588. The smallest absolute Gasteiger partial charge is 0.265 e. The van der Waals surface area contributed by atoms with Crippen molar-refractivity contribution in [3.63, 3.8) is 0 Å². The van der Waals surface area contributed by atoms with Gasteiger partial charge in [0.1, 0.15) is 0 Å². The SMILES string of the molecule is O=c1nncc2c3c(cccc13)N=C2c1ccc(C(F)(F)F)cc1. The Bertz CT molecular complexity index is 1060. The van der Waals surface area contributed by atoms with Gasteiger partial charge in [0.05, 0.1) is 28.5 Å². The third kappa shape index (κ3) is 2.17. The average molecular weight is 327 g/mol. The molecule has 2 aromatic carbocycles. The lowest BCUT2D eigenvalue weighted by atomic mass is 10.0. The molecule has 0 aliphatic carbocycles. The molecule has 0 N–H and O–H groups in total. The van der Waals surface area contributed by atoms with Gasteiger partial charge in [0.15, 0.2) is 0 Å². The molecule has 24 heavy (non-hydrogen) atoms. The summed E-state index contributed by atoms with van der Waals surface area (Å²) in [5, 5.41) is 8.30. The van der Waals surface area contributed by atoms with Gasteiger partial charge in [-0.25, -0.2) is 4.99 Å². The molecule has 0 saturated heterocycles. The van der Waals surface area contributed by atoms with Crippen molar-refractivity contribution in [3.05, 3.63) is 75.7 Å². The molecule has 4 nitrogen and oxygen atoms in total. The van der Waals surface area contributed by atoms with Crippen molar-refractivity contribution >= 4 is 22.2 Å². The van der Waals surface area contributed by atoms with E-state index in [1.807, 2.05) is 0 Å². The summed E-state index contributed by atoms with van der Waals surface area (Å²) in [6.07, 6.45) is -2.98. The van der Waals surface area contributed by atoms with E-state index in [-0.39, 0.29) is 0 Å². The van der Waals surface area contributed by atoms with Crippen molar-refractivity contribution in [2.45, 2.75) is 6.18 Å². The van der Waals surface area contributed by atoms with Gasteiger partial charge in [0, 0.05) is 16.5 Å². The molecule has 0 bridgehead atoms. The first-order chi connectivity index (χ1) is 11.4. The molecule has 0 saturated carbocycles. The van der Waals surface area contributed by atoms with Crippen LogP contribution in [0.1, 0.15) is 16.7 Å². The van der Waals surface area contributed by atoms with Crippen molar-refractivity contribution in [1.29, 1.82) is 0 Å². The number of alkyl halides is 3. The minimum absolute atomic E-state index is 0.380. The van der Waals surface area contributed by atoms with Crippen LogP contribution in [-0.2, 0) is 6.18 Å². The maximum atomic E-state index is 12.7. The number of benzene rings is 2. The summed E-state index contributed by atoms with van der Waals surface area (Å²) in [6, 6.07) is 9.78. The normalized spacial score (nSPS) is 13.2. The molecule has 0 unspecified atom stereocenters. The number of hydrogen-bond acceptors (Lipinski definition) is 4. The predicted molar refractivity (Wildman–Crippen MR) is 82.6 cm³/mol. The lowest BCUT2D eigenvalue weighted by molar-refractivity contribution is -0.137. The van der Waals surface area contributed by atoms with Crippen LogP contribution >= 0.6 is 0 Å². The molecule has 0 atom stereocenters. The van der Waals surface area contributed by atoms with E-state index in [1.54, 1.807) is 18.2 Å². The summed E-state index contributed by atoms with van der Waals surface area (Å²) in [4.78, 5) is 16.4. The van der Waals surface area contributed by atoms with Gasteiger partial charge in [-0.05, 0) is 24.3 Å². The Hall–Kier alpha value is -3.09. The summed E-state index contributed by atoms with van der Waals surface area (Å²) in [7, 11) is 0. The van der Waals surface area contributed by atoms with E-state index in [0.717, 1.165) is 12.1 Å². The first kappa shape index (κ1) is 14.5. The minimum atomic E-state index is -4.39. The zero-order valence-corrected chi connectivity index (χ0v) is 12.0. The maximum Gasteiger partial charge on any atom is 0.416 e. The summed E-state index contributed by atoms with van der Waals surface area (Å²) in [5.74, 6) is 0. The molecule has 1 aliphatic rings. The van der Waals surface area contributed by atoms with Crippen molar-refractivity contribution in [2.24, 2.45) is 4.99 Å². The number of hydrogen-bond donors (Lipinski definition) is 0. The van der Waals surface area contributed by atoms with Gasteiger partial charge in [-0.2, -0.15) is 18.3 Å². The summed E-state index contributed by atoms with van der Waals surface area (Å²) in [6.45, 7) is 0. The first-order valence-electron chi connectivity index (χ1n) is 7.00. The van der Waals surface area contributed by atoms with E-state index >= 15 is 0 Å². The Kier molecular flexibility index (Phi) is 2.99. The fourth-order valence-electron chi connectivity index (χ4n) is 2.75. The van der Waals surface area contributed by atoms with Crippen LogP contribution in [0.15, 0.2) is 58.4 Å². The Morgan fingerprint density at radius 1 is 0.958 bits per heavy atom. The van der Waals surface area contributed by atoms with Gasteiger partial charge in [-0.3, -0.25) is 4.79 Å². The van der Waals surface area contributed by atoms with E-state index < -0.39 is 17.3 Å². The van der Waals surface area contributed by atoms with Crippen LogP contribution in [0.5, 0.6) is 0 Å². The Morgan fingerprint density at radius 2 is 1.71 bits per heavy atom. The second-order valence-electron chi connectivity index (χ2n) is 5.30. The Labute approximate surface area is 133 Å². The molecule has 1 aliphatic heterocycles. The summed E-state index contributed by atoms with van der Waals surface area (Å²) >= 11 is 0. The number of halogens is 3. The highest BCUT2D eigenvalue weighted by molar-refractivity contribution is 6.25. The highest BCUT2D eigenvalue weighted by atomic mass is 19.4. The Morgan fingerprint density at radius 3 is 2.42 bits per heavy atom. The van der Waals surface area contributed by atoms with E-state index in [9.17, 15) is 18.0 Å². The van der Waals surface area contributed by atoms with Crippen LogP contribution in [0.4, 0.5) is 18.9 Å². The van der Waals surface area contributed by atoms with Gasteiger partial charge < -0.3 is 0 Å². The van der Waals surface area contributed by atoms with E-state index in [1.165, 1.54) is 18.3 Å². The summed E-state index contributed by atoms with van der Waals surface area (Å²) in [5.41, 5.74) is 0.944. The number of aliphatic imine (C=N–C) groups is 1. The third-order valence-corrected chi connectivity index (χ3v) is 3.85. The van der Waals surface area contributed by atoms with Crippen molar-refractivity contribution in [1.82, 2.24) is 10.2 Å².